The van der Waals surface area contributed by atoms with Gasteiger partial charge in [-0.05, 0) is 24.9 Å². The third-order valence-corrected chi connectivity index (χ3v) is 3.23. The lowest BCUT2D eigenvalue weighted by Crippen LogP contribution is -2.25. The maximum absolute atomic E-state index is 5.83. The van der Waals surface area contributed by atoms with Gasteiger partial charge in [-0.25, -0.2) is 0 Å². The maximum atomic E-state index is 5.83. The molecule has 0 saturated carbocycles. The van der Waals surface area contributed by atoms with Gasteiger partial charge in [-0.2, -0.15) is 5.10 Å². The second kappa shape index (κ2) is 4.80. The van der Waals surface area contributed by atoms with E-state index in [2.05, 4.69) is 10.00 Å². The first kappa shape index (κ1) is 9.99. The lowest BCUT2D eigenvalue weighted by molar-refractivity contribution is 0.307. The van der Waals surface area contributed by atoms with Gasteiger partial charge in [0.2, 0.25) is 0 Å². The summed E-state index contributed by atoms with van der Waals surface area (Å²) in [5, 5.41) is 4.18. The third-order valence-electron chi connectivity index (χ3n) is 2.79. The van der Waals surface area contributed by atoms with Crippen molar-refractivity contribution < 1.29 is 0 Å². The Balaban J connectivity index is 1.72. The number of likely N-dealkylation sites (tertiary alicyclic amines) is 1. The lowest BCUT2D eigenvalue weighted by atomic mass is 10.2. The van der Waals surface area contributed by atoms with Crippen molar-refractivity contribution in [1.29, 1.82) is 0 Å². The molecule has 3 nitrogen and oxygen atoms in total. The summed E-state index contributed by atoms with van der Waals surface area (Å²) in [6, 6.07) is 1.96. The summed E-state index contributed by atoms with van der Waals surface area (Å²) in [4.78, 5) is 2.47. The molecule has 0 aliphatic carbocycles. The summed E-state index contributed by atoms with van der Waals surface area (Å²) in [5.74, 6) is 1.51. The Morgan fingerprint density at radius 3 is 3.00 bits per heavy atom. The van der Waals surface area contributed by atoms with Crippen molar-refractivity contribution in [3.05, 3.63) is 18.5 Å². The van der Waals surface area contributed by atoms with Crippen LogP contribution in [0.3, 0.4) is 0 Å². The highest BCUT2D eigenvalue weighted by Gasteiger charge is 2.20. The normalized spacial score (nSPS) is 23.1. The first-order valence-electron chi connectivity index (χ1n) is 5.14. The van der Waals surface area contributed by atoms with E-state index in [0.29, 0.717) is 5.92 Å². The number of hydrogen-bond donors (Lipinski definition) is 0. The minimum absolute atomic E-state index is 0.703. The largest absolute Gasteiger partial charge is 0.301 e. The molecule has 1 fully saturated rings. The van der Waals surface area contributed by atoms with Crippen LogP contribution in [0.5, 0.6) is 0 Å². The molecule has 1 aromatic heterocycles. The molecule has 0 spiro atoms. The standard InChI is InChI=1S/C10H16ClN3/c11-8-10-2-5-13(9-10)6-7-14-4-1-3-12-14/h1,3-4,10H,2,5-9H2. The van der Waals surface area contributed by atoms with Crippen LogP contribution in [0.1, 0.15) is 6.42 Å². The van der Waals surface area contributed by atoms with Crippen LogP contribution in [-0.2, 0) is 6.54 Å². The summed E-state index contributed by atoms with van der Waals surface area (Å²) < 4.78 is 1.98. The minimum atomic E-state index is 0.703. The molecule has 78 valence electrons. The molecule has 1 atom stereocenters. The van der Waals surface area contributed by atoms with E-state index in [0.717, 1.165) is 25.5 Å². The highest BCUT2D eigenvalue weighted by atomic mass is 35.5. The molecule has 1 unspecified atom stereocenters. The van der Waals surface area contributed by atoms with Crippen LogP contribution >= 0.6 is 11.6 Å². The Labute approximate surface area is 89.7 Å². The molecule has 14 heavy (non-hydrogen) atoms. The zero-order chi connectivity index (χ0) is 9.80. The number of nitrogens with zero attached hydrogens (tertiary/aromatic N) is 3. The Bertz CT molecular complexity index is 260. The molecule has 1 aliphatic heterocycles. The fourth-order valence-corrected chi connectivity index (χ4v) is 2.17. The second-order valence-corrected chi connectivity index (χ2v) is 4.19. The summed E-state index contributed by atoms with van der Waals surface area (Å²) >= 11 is 5.83. The highest BCUT2D eigenvalue weighted by molar-refractivity contribution is 6.18. The lowest BCUT2D eigenvalue weighted by Gasteiger charge is -2.14. The number of hydrogen-bond acceptors (Lipinski definition) is 2. The molecule has 1 aliphatic rings. The SMILES string of the molecule is ClCC1CCN(CCn2cccn2)C1. The van der Waals surface area contributed by atoms with Crippen LogP contribution in [0.4, 0.5) is 0 Å². The van der Waals surface area contributed by atoms with E-state index in [1.54, 1.807) is 0 Å². The summed E-state index contributed by atoms with van der Waals surface area (Å²) in [6.45, 7) is 4.43. The third kappa shape index (κ3) is 2.49. The molecule has 0 radical (unpaired) electrons. The smallest absolute Gasteiger partial charge is 0.0536 e. The van der Waals surface area contributed by atoms with Gasteiger partial charge in [0.05, 0.1) is 6.54 Å². The van der Waals surface area contributed by atoms with Gasteiger partial charge in [-0.15, -0.1) is 11.6 Å². The molecule has 4 heteroatoms. The predicted octanol–water partition coefficient (Wildman–Crippen LogP) is 1.44. The molecule has 1 aromatic rings. The molecule has 0 N–H and O–H groups in total. The molecular formula is C10H16ClN3. The number of alkyl halides is 1. The van der Waals surface area contributed by atoms with Gasteiger partial charge >= 0.3 is 0 Å². The van der Waals surface area contributed by atoms with Crippen molar-refractivity contribution >= 4 is 11.6 Å². The Morgan fingerprint density at radius 2 is 2.36 bits per heavy atom. The summed E-state index contributed by atoms with van der Waals surface area (Å²) in [7, 11) is 0. The van der Waals surface area contributed by atoms with Crippen LogP contribution in [0, 0.1) is 5.92 Å². The van der Waals surface area contributed by atoms with Crippen molar-refractivity contribution in [2.45, 2.75) is 13.0 Å². The second-order valence-electron chi connectivity index (χ2n) is 3.88. The zero-order valence-corrected chi connectivity index (χ0v) is 9.03. The van der Waals surface area contributed by atoms with E-state index in [1.807, 2.05) is 23.1 Å². The van der Waals surface area contributed by atoms with E-state index >= 15 is 0 Å². The molecule has 1 saturated heterocycles. The van der Waals surface area contributed by atoms with Gasteiger partial charge in [0.25, 0.3) is 0 Å². The van der Waals surface area contributed by atoms with E-state index < -0.39 is 0 Å². The molecule has 0 amide bonds. The van der Waals surface area contributed by atoms with Crippen LogP contribution in [0.25, 0.3) is 0 Å². The Kier molecular flexibility index (Phi) is 3.43. The molecular weight excluding hydrogens is 198 g/mol. The van der Waals surface area contributed by atoms with Crippen molar-refractivity contribution in [3.63, 3.8) is 0 Å². The van der Waals surface area contributed by atoms with Gasteiger partial charge in [0.15, 0.2) is 0 Å². The maximum Gasteiger partial charge on any atom is 0.0536 e. The van der Waals surface area contributed by atoms with Crippen LogP contribution in [0.2, 0.25) is 0 Å². The zero-order valence-electron chi connectivity index (χ0n) is 8.27. The molecule has 2 heterocycles. The number of rotatable bonds is 4. The van der Waals surface area contributed by atoms with Gasteiger partial charge in [-0.1, -0.05) is 0 Å². The average molecular weight is 214 g/mol. The van der Waals surface area contributed by atoms with Crippen LogP contribution < -0.4 is 0 Å². The van der Waals surface area contributed by atoms with Crippen molar-refractivity contribution in [1.82, 2.24) is 14.7 Å². The van der Waals surface area contributed by atoms with E-state index in [1.165, 1.54) is 13.0 Å². The number of aromatic nitrogens is 2. The van der Waals surface area contributed by atoms with E-state index in [9.17, 15) is 0 Å². The summed E-state index contributed by atoms with van der Waals surface area (Å²) in [6.07, 6.45) is 5.09. The highest BCUT2D eigenvalue weighted by Crippen LogP contribution is 2.16. The first-order chi connectivity index (χ1) is 6.88. The van der Waals surface area contributed by atoms with Gasteiger partial charge < -0.3 is 4.90 Å². The molecule has 0 bridgehead atoms. The van der Waals surface area contributed by atoms with Crippen molar-refractivity contribution in [2.24, 2.45) is 5.92 Å². The fraction of sp³-hybridized carbons (Fsp3) is 0.700. The average Bonchev–Trinajstić information content (AvgIpc) is 2.86. The van der Waals surface area contributed by atoms with E-state index in [4.69, 9.17) is 11.6 Å². The Morgan fingerprint density at radius 1 is 1.43 bits per heavy atom. The van der Waals surface area contributed by atoms with Crippen molar-refractivity contribution in [3.8, 4) is 0 Å². The predicted molar refractivity (Wildman–Crippen MR) is 57.5 cm³/mol. The topological polar surface area (TPSA) is 21.1 Å². The molecule has 0 aromatic carbocycles. The monoisotopic (exact) mass is 213 g/mol. The minimum Gasteiger partial charge on any atom is -0.301 e. The first-order valence-corrected chi connectivity index (χ1v) is 5.67. The van der Waals surface area contributed by atoms with Crippen molar-refractivity contribution in [2.75, 3.05) is 25.5 Å². The Hall–Kier alpha value is -0.540. The van der Waals surface area contributed by atoms with Gasteiger partial charge in [0.1, 0.15) is 0 Å². The van der Waals surface area contributed by atoms with E-state index in [-0.39, 0.29) is 0 Å². The molecule has 2 rings (SSSR count). The number of halogens is 1. The van der Waals surface area contributed by atoms with Crippen LogP contribution in [-0.4, -0.2) is 40.2 Å². The summed E-state index contributed by atoms with van der Waals surface area (Å²) in [5.41, 5.74) is 0. The van der Waals surface area contributed by atoms with Crippen LogP contribution in [0.15, 0.2) is 18.5 Å². The van der Waals surface area contributed by atoms with Gasteiger partial charge in [0, 0.05) is 31.4 Å². The fourth-order valence-electron chi connectivity index (χ4n) is 1.92. The quantitative estimate of drug-likeness (QED) is 0.706. The van der Waals surface area contributed by atoms with Gasteiger partial charge in [-0.3, -0.25) is 4.68 Å².